The summed E-state index contributed by atoms with van der Waals surface area (Å²) in [5.74, 6) is 0.405. The number of carbonyl (C=O) groups excluding carboxylic acids is 2. The Kier molecular flexibility index (Phi) is 6.87. The Morgan fingerprint density at radius 1 is 1.09 bits per heavy atom. The summed E-state index contributed by atoms with van der Waals surface area (Å²) in [6.07, 6.45) is 1.62. The van der Waals surface area contributed by atoms with E-state index in [1.807, 2.05) is 19.1 Å². The van der Waals surface area contributed by atoms with E-state index in [1.165, 1.54) is 11.3 Å². The van der Waals surface area contributed by atoms with E-state index in [4.69, 9.17) is 16.3 Å². The molecule has 0 unspecified atom stereocenters. The minimum absolute atomic E-state index is 0.209. The third kappa shape index (κ3) is 5.17. The van der Waals surface area contributed by atoms with Gasteiger partial charge in [0.2, 0.25) is 5.01 Å². The fourth-order valence-corrected chi connectivity index (χ4v) is 4.45. The lowest BCUT2D eigenvalue weighted by Crippen LogP contribution is -2.34. The first-order valence-electron chi connectivity index (χ1n) is 10.2. The molecule has 0 spiro atoms. The van der Waals surface area contributed by atoms with Crippen molar-refractivity contribution in [2.75, 3.05) is 23.8 Å². The quantitative estimate of drug-likeness (QED) is 0.514. The zero-order valence-electron chi connectivity index (χ0n) is 17.4. The van der Waals surface area contributed by atoms with E-state index in [0.717, 1.165) is 18.6 Å². The minimum Gasteiger partial charge on any atom is -0.494 e. The molecule has 1 aliphatic heterocycles. The summed E-state index contributed by atoms with van der Waals surface area (Å²) in [6.45, 7) is 3.12. The van der Waals surface area contributed by atoms with Crippen LogP contribution in [0.3, 0.4) is 0 Å². The third-order valence-corrected chi connectivity index (χ3v) is 6.23. The minimum atomic E-state index is -0.348. The summed E-state index contributed by atoms with van der Waals surface area (Å²) >= 11 is 7.07. The fraction of sp³-hybridized carbons (Fsp3) is 0.273. The van der Waals surface area contributed by atoms with Crippen molar-refractivity contribution >= 4 is 46.3 Å². The maximum absolute atomic E-state index is 12.9. The predicted octanol–water partition coefficient (Wildman–Crippen LogP) is 5.21. The molecular formula is C22H22ClN5O3S. The average molecular weight is 472 g/mol. The van der Waals surface area contributed by atoms with Gasteiger partial charge in [0.05, 0.1) is 12.6 Å². The van der Waals surface area contributed by atoms with Crippen LogP contribution < -0.4 is 15.4 Å². The summed E-state index contributed by atoms with van der Waals surface area (Å²) in [7, 11) is 0. The van der Waals surface area contributed by atoms with Crippen molar-refractivity contribution in [3.8, 4) is 5.75 Å². The summed E-state index contributed by atoms with van der Waals surface area (Å²) in [4.78, 5) is 27.1. The fourth-order valence-electron chi connectivity index (χ4n) is 3.44. The first-order chi connectivity index (χ1) is 15.5. The van der Waals surface area contributed by atoms with E-state index in [0.29, 0.717) is 34.6 Å². The molecular weight excluding hydrogens is 450 g/mol. The Balaban J connectivity index is 1.40. The molecule has 166 valence electrons. The number of aromatic nitrogens is 2. The van der Waals surface area contributed by atoms with Crippen LogP contribution in [0.1, 0.15) is 40.6 Å². The number of likely N-dealkylation sites (tertiary alicyclic amines) is 1. The number of amides is 3. The Labute approximate surface area is 194 Å². The first kappa shape index (κ1) is 22.0. The highest BCUT2D eigenvalue weighted by molar-refractivity contribution is 7.13. The smallest absolute Gasteiger partial charge is 0.322 e. The highest BCUT2D eigenvalue weighted by atomic mass is 35.5. The molecule has 1 saturated heterocycles. The summed E-state index contributed by atoms with van der Waals surface area (Å²) < 4.78 is 5.43. The zero-order chi connectivity index (χ0) is 22.5. The van der Waals surface area contributed by atoms with Gasteiger partial charge in [0.25, 0.3) is 5.91 Å². The first-order valence-corrected chi connectivity index (χ1v) is 11.4. The van der Waals surface area contributed by atoms with E-state index >= 15 is 0 Å². The average Bonchev–Trinajstić information content (AvgIpc) is 3.46. The number of urea groups is 1. The van der Waals surface area contributed by atoms with E-state index in [9.17, 15) is 9.59 Å². The molecule has 0 aliphatic carbocycles. The van der Waals surface area contributed by atoms with Crippen LogP contribution in [0.5, 0.6) is 5.75 Å². The van der Waals surface area contributed by atoms with Crippen LogP contribution in [0, 0.1) is 0 Å². The summed E-state index contributed by atoms with van der Waals surface area (Å²) in [6, 6.07) is 13.6. The van der Waals surface area contributed by atoms with Gasteiger partial charge in [-0.3, -0.25) is 4.79 Å². The van der Waals surface area contributed by atoms with Gasteiger partial charge in [0, 0.05) is 22.9 Å². The molecule has 3 aromatic rings. The van der Waals surface area contributed by atoms with Crippen LogP contribution in [-0.2, 0) is 0 Å². The lowest BCUT2D eigenvalue weighted by atomic mass is 10.2. The lowest BCUT2D eigenvalue weighted by Gasteiger charge is -2.23. The number of nitrogens with zero attached hydrogens (tertiary/aromatic N) is 3. The van der Waals surface area contributed by atoms with Crippen molar-refractivity contribution in [3.63, 3.8) is 0 Å². The monoisotopic (exact) mass is 471 g/mol. The SMILES string of the molecule is CCOc1ccc(NC(=O)N2CCC[C@@H]2c2nnc(C(=O)Nc3ccc(Cl)cc3)s2)cc1. The van der Waals surface area contributed by atoms with Gasteiger partial charge < -0.3 is 20.3 Å². The van der Waals surface area contributed by atoms with Crippen LogP contribution >= 0.6 is 22.9 Å². The summed E-state index contributed by atoms with van der Waals surface area (Å²) in [5, 5.41) is 15.4. The Hall–Kier alpha value is -3.17. The van der Waals surface area contributed by atoms with E-state index in [2.05, 4.69) is 20.8 Å². The standard InChI is InChI=1S/C22H22ClN5O3S/c1-2-31-17-11-9-16(10-12-17)25-22(30)28-13-3-4-18(28)20-26-27-21(32-20)19(29)24-15-7-5-14(23)6-8-15/h5-12,18H,2-4,13H2,1H3,(H,24,29)(H,25,30)/t18-/m1/s1. The molecule has 1 aromatic heterocycles. The topological polar surface area (TPSA) is 96.4 Å². The van der Waals surface area contributed by atoms with Crippen molar-refractivity contribution in [3.05, 3.63) is 63.6 Å². The summed E-state index contributed by atoms with van der Waals surface area (Å²) in [5.41, 5.74) is 1.30. The van der Waals surface area contributed by atoms with Crippen LogP contribution in [0.4, 0.5) is 16.2 Å². The number of ether oxygens (including phenoxy) is 1. The van der Waals surface area contributed by atoms with E-state index < -0.39 is 0 Å². The maximum atomic E-state index is 12.9. The number of anilines is 2. The van der Waals surface area contributed by atoms with Crippen LogP contribution in [-0.4, -0.2) is 40.2 Å². The molecule has 4 rings (SSSR count). The second-order valence-corrected chi connectivity index (χ2v) is 8.59. The van der Waals surface area contributed by atoms with Gasteiger partial charge in [-0.15, -0.1) is 10.2 Å². The molecule has 0 bridgehead atoms. The zero-order valence-corrected chi connectivity index (χ0v) is 18.9. The molecule has 10 heteroatoms. The van der Waals surface area contributed by atoms with Gasteiger partial charge in [-0.25, -0.2) is 4.79 Å². The highest BCUT2D eigenvalue weighted by Gasteiger charge is 2.33. The molecule has 2 N–H and O–H groups in total. The number of carbonyl (C=O) groups is 2. The number of nitrogens with one attached hydrogen (secondary N) is 2. The molecule has 32 heavy (non-hydrogen) atoms. The van der Waals surface area contributed by atoms with Gasteiger partial charge in [-0.2, -0.15) is 0 Å². The second-order valence-electron chi connectivity index (χ2n) is 7.15. The van der Waals surface area contributed by atoms with Crippen molar-refractivity contribution in [1.82, 2.24) is 15.1 Å². The Morgan fingerprint density at radius 2 is 1.78 bits per heavy atom. The van der Waals surface area contributed by atoms with Gasteiger partial charge >= 0.3 is 6.03 Å². The third-order valence-electron chi connectivity index (χ3n) is 4.95. The van der Waals surface area contributed by atoms with Gasteiger partial charge in [-0.1, -0.05) is 22.9 Å². The van der Waals surface area contributed by atoms with Crippen molar-refractivity contribution in [2.45, 2.75) is 25.8 Å². The van der Waals surface area contributed by atoms with Crippen molar-refractivity contribution < 1.29 is 14.3 Å². The molecule has 1 atom stereocenters. The van der Waals surface area contributed by atoms with Crippen LogP contribution in [0.15, 0.2) is 48.5 Å². The molecule has 8 nitrogen and oxygen atoms in total. The maximum Gasteiger partial charge on any atom is 0.322 e. The Bertz CT molecular complexity index is 1090. The Morgan fingerprint density at radius 3 is 2.50 bits per heavy atom. The number of hydrogen-bond donors (Lipinski definition) is 2. The molecule has 3 amide bonds. The normalized spacial score (nSPS) is 15.4. The largest absolute Gasteiger partial charge is 0.494 e. The highest BCUT2D eigenvalue weighted by Crippen LogP contribution is 2.34. The van der Waals surface area contributed by atoms with Gasteiger partial charge in [0.15, 0.2) is 0 Å². The number of hydrogen-bond acceptors (Lipinski definition) is 6. The van der Waals surface area contributed by atoms with Crippen molar-refractivity contribution in [2.24, 2.45) is 0 Å². The molecule has 0 radical (unpaired) electrons. The number of benzene rings is 2. The predicted molar refractivity (Wildman–Crippen MR) is 125 cm³/mol. The molecule has 1 aliphatic rings. The van der Waals surface area contributed by atoms with E-state index in [1.54, 1.807) is 41.3 Å². The molecule has 0 saturated carbocycles. The number of halogens is 1. The van der Waals surface area contributed by atoms with Crippen molar-refractivity contribution in [1.29, 1.82) is 0 Å². The molecule has 2 aromatic carbocycles. The van der Waals surface area contributed by atoms with Gasteiger partial charge in [0.1, 0.15) is 10.8 Å². The van der Waals surface area contributed by atoms with Crippen LogP contribution in [0.25, 0.3) is 0 Å². The van der Waals surface area contributed by atoms with E-state index in [-0.39, 0.29) is 23.0 Å². The molecule has 1 fully saturated rings. The van der Waals surface area contributed by atoms with Crippen LogP contribution in [0.2, 0.25) is 5.02 Å². The second kappa shape index (κ2) is 9.97. The number of rotatable bonds is 6. The van der Waals surface area contributed by atoms with Gasteiger partial charge in [-0.05, 0) is 68.3 Å². The lowest BCUT2D eigenvalue weighted by molar-refractivity contribution is 0.102. The molecule has 2 heterocycles.